The largest absolute Gasteiger partial charge is 0.449 e. The van der Waals surface area contributed by atoms with Crippen LogP contribution in [0, 0.1) is 90.0 Å². The van der Waals surface area contributed by atoms with Crippen LogP contribution in [-0.4, -0.2) is 101 Å². The van der Waals surface area contributed by atoms with Gasteiger partial charge in [-0.05, 0) is 144 Å². The third-order valence-corrected chi connectivity index (χ3v) is 12.7. The van der Waals surface area contributed by atoms with Gasteiger partial charge in [0.1, 0.15) is 44.6 Å². The molecule has 0 amide bonds. The van der Waals surface area contributed by atoms with Gasteiger partial charge in [0, 0.05) is 92.2 Å². The molecule has 9 aromatic heterocycles. The molecular formula is C78H160N18OS5. The number of rotatable bonds is 0. The van der Waals surface area contributed by atoms with Crippen molar-refractivity contribution in [3.05, 3.63) is 169 Å². The van der Waals surface area contributed by atoms with Gasteiger partial charge in [0.25, 0.3) is 0 Å². The minimum Gasteiger partial charge on any atom is -0.449 e. The second-order valence-electron chi connectivity index (χ2n) is 15.6. The molecule has 2 aliphatic rings. The van der Waals surface area contributed by atoms with Crippen LogP contribution in [0.2, 0.25) is 0 Å². The monoisotopic (exact) mass is 1530 g/mol. The predicted molar refractivity (Wildman–Crippen MR) is 472 cm³/mol. The highest BCUT2D eigenvalue weighted by atomic mass is 32.2. The second kappa shape index (κ2) is 108. The molecule has 0 saturated carbocycles. The predicted octanol–water partition coefficient (Wildman–Crippen LogP) is 26.3. The number of thiazole rings is 1. The van der Waals surface area contributed by atoms with Crippen molar-refractivity contribution in [3.63, 3.8) is 0 Å². The van der Waals surface area contributed by atoms with E-state index in [9.17, 15) is 0 Å². The van der Waals surface area contributed by atoms with Gasteiger partial charge in [0.05, 0.1) is 34.2 Å². The Morgan fingerprint density at radius 1 is 0.500 bits per heavy atom. The van der Waals surface area contributed by atoms with Gasteiger partial charge in [-0.3, -0.25) is 29.3 Å². The fraction of sp³-hybridized carbons (Fsp3) is 0.603. The molecule has 0 bridgehead atoms. The molecule has 0 spiro atoms. The number of aromatic nitrogens is 16. The number of hydrogen-bond acceptors (Lipinski definition) is 21. The third kappa shape index (κ3) is 95.5. The summed E-state index contributed by atoms with van der Waals surface area (Å²) in [6, 6.07) is 7.77. The van der Waals surface area contributed by atoms with E-state index < -0.39 is 0 Å². The van der Waals surface area contributed by atoms with Crippen molar-refractivity contribution in [1.29, 1.82) is 0 Å². The normalized spacial score (nSPS) is 8.76. The van der Waals surface area contributed by atoms with E-state index in [0.29, 0.717) is 0 Å². The summed E-state index contributed by atoms with van der Waals surface area (Å²) >= 11 is 7.93. The molecule has 0 aliphatic carbocycles. The van der Waals surface area contributed by atoms with E-state index in [0.717, 1.165) is 89.4 Å². The molecular weight excluding hydrogens is 1370 g/mol. The Morgan fingerprint density at radius 3 is 1.12 bits per heavy atom. The molecule has 0 radical (unpaired) electrons. The van der Waals surface area contributed by atoms with E-state index in [2.05, 4.69) is 93.0 Å². The first-order valence-electron chi connectivity index (χ1n) is 34.2. The van der Waals surface area contributed by atoms with Crippen molar-refractivity contribution < 1.29 is 4.42 Å². The lowest BCUT2D eigenvalue weighted by atomic mass is 10.4. The van der Waals surface area contributed by atoms with Crippen LogP contribution in [0.25, 0.3) is 0 Å². The van der Waals surface area contributed by atoms with Crippen molar-refractivity contribution in [3.8, 4) is 0 Å². The minimum absolute atomic E-state index is 0. The molecule has 2 aliphatic heterocycles. The summed E-state index contributed by atoms with van der Waals surface area (Å²) in [7, 11) is 5.81. The lowest BCUT2D eigenvalue weighted by Crippen LogP contribution is -1.92. The first kappa shape index (κ1) is 135. The highest BCUT2D eigenvalue weighted by Gasteiger charge is 2.03. The molecule has 11 rings (SSSR count). The Bertz CT molecular complexity index is 2670. The average Bonchev–Trinajstić information content (AvgIpc) is 1.80. The van der Waals surface area contributed by atoms with Crippen molar-refractivity contribution in [2.45, 2.75) is 293 Å². The average molecular weight is 1530 g/mol. The van der Waals surface area contributed by atoms with Crippen LogP contribution >= 0.6 is 57.5 Å². The summed E-state index contributed by atoms with van der Waals surface area (Å²) in [5.41, 5.74) is 5.50. The first-order valence-corrected chi connectivity index (χ1v) is 38.4. The number of allylic oxidation sites excluding steroid dienone is 1. The van der Waals surface area contributed by atoms with Gasteiger partial charge in [-0.15, -0.1) is 49.7 Å². The van der Waals surface area contributed by atoms with Crippen LogP contribution in [0.4, 0.5) is 0 Å². The fourth-order valence-corrected chi connectivity index (χ4v) is 7.33. The molecule has 0 saturated heterocycles. The lowest BCUT2D eigenvalue weighted by Gasteiger charge is -1.87. The Morgan fingerprint density at radius 2 is 1.01 bits per heavy atom. The maximum atomic E-state index is 4.72. The second-order valence-corrected chi connectivity index (χ2v) is 21.1. The molecule has 102 heavy (non-hydrogen) atoms. The topological polar surface area (TPSA) is 220 Å². The summed E-state index contributed by atoms with van der Waals surface area (Å²) in [6.07, 6.45) is 16.3. The standard InChI is InChI=1S/C6H10N2.C5H9N3.C5H8N2.C5H7NS.C5H7N.C5H5N.3C4H6N2S.C4H5NO.C4H5NS.11C2H6.5CH4/c1-5-4-6(2)8(3)7-5;1-4-6-5(2)8(3)7-4;1-5-6-3-4-7(5)2;1-4-3-7-5(2)6-4;1-5-3-2-4-6-5;1-2-4-6-5-3-1;1-3-5-6-4(2)7-3;1-3-5-4(2)7-6-3;1-3-4(2)7-6-5-3;2*1-4-5-2-3-6-4;11*1-2;;;;;/h4H,1-3H3;1-3H3;3-4H,1-2H3;1,3H2,2H3;2-3H,4H2,1H3;1-5H;3*1-2H3;2*2-3H,1H3;11*1-2H3;5*1H4. The molecule has 24 heteroatoms. The van der Waals surface area contributed by atoms with Crippen LogP contribution in [0.15, 0.2) is 112 Å². The van der Waals surface area contributed by atoms with Crippen LogP contribution in [0.5, 0.6) is 0 Å². The number of aryl methyl sites for hydroxylation is 16. The van der Waals surface area contributed by atoms with Gasteiger partial charge >= 0.3 is 0 Å². The molecule has 598 valence electrons. The molecule has 11 heterocycles. The molecule has 0 aromatic carbocycles. The SMILES string of the molecule is C.C.C.C.C.C=C1CSC(C)=N1.CC.CC.CC.CC.CC.CC.CC.CC.CC.CC.CC.CC1=NCC=C1.Cc1cc(C)n(C)n1.Cc1nc(C)n(C)n1.Cc1nccn1C.Cc1ncco1.Cc1nccs1.Cc1nnc(C)s1.Cc1nnsc1C.Cc1nsc(C)n1.c1ccncc1. The number of oxazole rings is 1. The first-order chi connectivity index (χ1) is 46.6. The lowest BCUT2D eigenvalue weighted by molar-refractivity contribution is 0.521. The van der Waals surface area contributed by atoms with Gasteiger partial charge in [-0.2, -0.15) is 14.6 Å². The van der Waals surface area contributed by atoms with E-state index in [-0.39, 0.29) is 37.1 Å². The highest BCUT2D eigenvalue weighted by molar-refractivity contribution is 8.14. The molecule has 9 aromatic rings. The van der Waals surface area contributed by atoms with Crippen molar-refractivity contribution >= 4 is 68.3 Å². The zero-order chi connectivity index (χ0) is 78.1. The minimum atomic E-state index is 0. The van der Waals surface area contributed by atoms with Gasteiger partial charge in [0.15, 0.2) is 5.89 Å². The number of hydrogen-bond donors (Lipinski definition) is 0. The van der Waals surface area contributed by atoms with Crippen LogP contribution < -0.4 is 0 Å². The Balaban J connectivity index is -0.0000000552. The maximum absolute atomic E-state index is 4.72. The zero-order valence-electron chi connectivity index (χ0n) is 68.7. The zero-order valence-corrected chi connectivity index (χ0v) is 72.8. The van der Waals surface area contributed by atoms with Gasteiger partial charge in [-0.1, -0.05) is 213 Å². The number of imidazole rings is 1. The maximum Gasteiger partial charge on any atom is 0.190 e. The quantitative estimate of drug-likeness (QED) is 0.138. The van der Waals surface area contributed by atoms with E-state index in [4.69, 9.17) is 4.42 Å². The fourth-order valence-electron chi connectivity index (χ4n) is 4.72. The van der Waals surface area contributed by atoms with E-state index in [1.54, 1.807) is 83.3 Å². The third-order valence-electron chi connectivity index (χ3n) is 8.77. The van der Waals surface area contributed by atoms with Gasteiger partial charge < -0.3 is 8.98 Å². The Hall–Kier alpha value is -6.60. The number of thioether (sulfide) groups is 1. The summed E-state index contributed by atoms with van der Waals surface area (Å²) in [4.78, 5) is 32.9. The molecule has 0 unspecified atom stereocenters. The number of aliphatic imine (C=N–C) groups is 2. The van der Waals surface area contributed by atoms with E-state index in [1.807, 2.05) is 315 Å². The number of nitrogens with zero attached hydrogens (tertiary/aromatic N) is 18. The van der Waals surface area contributed by atoms with Crippen LogP contribution in [0.3, 0.4) is 0 Å². The smallest absolute Gasteiger partial charge is 0.190 e. The van der Waals surface area contributed by atoms with Crippen molar-refractivity contribution in [2.24, 2.45) is 31.1 Å². The molecule has 19 nitrogen and oxygen atoms in total. The van der Waals surface area contributed by atoms with E-state index in [1.165, 1.54) is 33.6 Å². The van der Waals surface area contributed by atoms with Gasteiger partial charge in [0.2, 0.25) is 0 Å². The Labute approximate surface area is 652 Å². The molecule has 0 fully saturated rings. The van der Waals surface area contributed by atoms with Crippen molar-refractivity contribution in [2.75, 3.05) is 12.3 Å². The summed E-state index contributed by atoms with van der Waals surface area (Å²) in [6.45, 7) is 77.9. The molecule has 0 N–H and O–H groups in total. The van der Waals surface area contributed by atoms with Crippen LogP contribution in [-0.2, 0) is 21.1 Å². The summed E-state index contributed by atoms with van der Waals surface area (Å²) in [5.74, 6) is 5.44. The van der Waals surface area contributed by atoms with Crippen molar-refractivity contribution in [1.82, 2.24) is 78.2 Å². The highest BCUT2D eigenvalue weighted by Crippen LogP contribution is 2.18. The van der Waals surface area contributed by atoms with E-state index >= 15 is 0 Å². The van der Waals surface area contributed by atoms with Gasteiger partial charge in [-0.25, -0.2) is 19.9 Å². The van der Waals surface area contributed by atoms with Crippen LogP contribution in [0.1, 0.15) is 274 Å². The Kier molecular flexibility index (Phi) is 143. The molecule has 0 atom stereocenters. The summed E-state index contributed by atoms with van der Waals surface area (Å²) < 4.78 is 18.0. The summed E-state index contributed by atoms with van der Waals surface area (Å²) in [5, 5.41) is 26.9. The number of pyridine rings is 1.